The molecule has 4 heterocycles. The first-order chi connectivity index (χ1) is 12.6. The van der Waals surface area contributed by atoms with Gasteiger partial charge in [0.15, 0.2) is 11.5 Å². The number of amides is 1. The molecule has 3 aromatic heterocycles. The van der Waals surface area contributed by atoms with E-state index in [0.29, 0.717) is 37.0 Å². The van der Waals surface area contributed by atoms with E-state index in [4.69, 9.17) is 4.52 Å². The van der Waals surface area contributed by atoms with Gasteiger partial charge in [0, 0.05) is 44.5 Å². The van der Waals surface area contributed by atoms with Crippen molar-refractivity contribution in [3.8, 4) is 0 Å². The predicted octanol–water partition coefficient (Wildman–Crippen LogP) is 1.38. The molecular weight excluding hydrogens is 334 g/mol. The summed E-state index contributed by atoms with van der Waals surface area (Å²) in [5.74, 6) is 2.75. The van der Waals surface area contributed by atoms with Crippen LogP contribution in [0.15, 0.2) is 29.3 Å². The van der Waals surface area contributed by atoms with Crippen molar-refractivity contribution in [2.45, 2.75) is 32.2 Å². The highest BCUT2D eigenvalue weighted by molar-refractivity contribution is 5.92. The van der Waals surface area contributed by atoms with E-state index in [1.165, 1.54) is 0 Å². The van der Waals surface area contributed by atoms with Gasteiger partial charge in [-0.05, 0) is 19.8 Å². The molecular formula is C17H21N7O2. The SMILES string of the molecule is Cc1cc(C(=O)N2CCC(c3nnc(Cn4ccnc4)n3C)CC2)no1. The van der Waals surface area contributed by atoms with Crippen LogP contribution in [0.5, 0.6) is 0 Å². The third-order valence-electron chi connectivity index (χ3n) is 4.88. The molecule has 26 heavy (non-hydrogen) atoms. The van der Waals surface area contributed by atoms with Gasteiger partial charge in [0.25, 0.3) is 5.91 Å². The van der Waals surface area contributed by atoms with Gasteiger partial charge < -0.3 is 18.6 Å². The molecule has 136 valence electrons. The van der Waals surface area contributed by atoms with Gasteiger partial charge >= 0.3 is 0 Å². The van der Waals surface area contributed by atoms with Gasteiger partial charge in [-0.1, -0.05) is 5.16 Å². The van der Waals surface area contributed by atoms with Crippen LogP contribution in [0.2, 0.25) is 0 Å². The lowest BCUT2D eigenvalue weighted by molar-refractivity contribution is 0.0700. The minimum absolute atomic E-state index is 0.0703. The van der Waals surface area contributed by atoms with Crippen LogP contribution in [0, 0.1) is 6.92 Å². The first-order valence-electron chi connectivity index (χ1n) is 8.68. The zero-order valence-corrected chi connectivity index (χ0v) is 14.9. The van der Waals surface area contributed by atoms with E-state index >= 15 is 0 Å². The molecule has 1 aliphatic heterocycles. The van der Waals surface area contributed by atoms with E-state index in [9.17, 15) is 4.79 Å². The number of nitrogens with zero attached hydrogens (tertiary/aromatic N) is 7. The fourth-order valence-corrected chi connectivity index (χ4v) is 3.38. The Kier molecular flexibility index (Phi) is 4.27. The highest BCUT2D eigenvalue weighted by Crippen LogP contribution is 2.27. The van der Waals surface area contributed by atoms with E-state index < -0.39 is 0 Å². The van der Waals surface area contributed by atoms with Crippen LogP contribution >= 0.6 is 0 Å². The number of likely N-dealkylation sites (tertiary alicyclic amines) is 1. The van der Waals surface area contributed by atoms with Crippen LogP contribution in [0.25, 0.3) is 0 Å². The summed E-state index contributed by atoms with van der Waals surface area (Å²) in [4.78, 5) is 18.3. The van der Waals surface area contributed by atoms with Crippen molar-refractivity contribution in [3.63, 3.8) is 0 Å². The molecule has 0 saturated carbocycles. The van der Waals surface area contributed by atoms with Crippen molar-refractivity contribution in [1.82, 2.24) is 34.4 Å². The molecule has 9 nitrogen and oxygen atoms in total. The lowest BCUT2D eigenvalue weighted by Crippen LogP contribution is -2.38. The van der Waals surface area contributed by atoms with Crippen molar-refractivity contribution in [2.24, 2.45) is 7.05 Å². The normalized spacial score (nSPS) is 15.5. The molecule has 0 N–H and O–H groups in total. The number of aromatic nitrogens is 6. The molecule has 0 aliphatic carbocycles. The Morgan fingerprint density at radius 1 is 1.31 bits per heavy atom. The third-order valence-corrected chi connectivity index (χ3v) is 4.88. The average Bonchev–Trinajstić information content (AvgIpc) is 3.38. The fraction of sp³-hybridized carbons (Fsp3) is 0.471. The second kappa shape index (κ2) is 6.74. The second-order valence-corrected chi connectivity index (χ2v) is 6.66. The topological polar surface area (TPSA) is 94.9 Å². The second-order valence-electron chi connectivity index (χ2n) is 6.66. The van der Waals surface area contributed by atoms with Gasteiger partial charge in [0.2, 0.25) is 0 Å². The molecule has 3 aromatic rings. The first-order valence-corrected chi connectivity index (χ1v) is 8.68. The third kappa shape index (κ3) is 3.12. The first kappa shape index (κ1) is 16.5. The Balaban J connectivity index is 1.40. The number of rotatable bonds is 4. The molecule has 0 atom stereocenters. The van der Waals surface area contributed by atoms with Crippen molar-refractivity contribution in [3.05, 3.63) is 47.9 Å². The number of carbonyl (C=O) groups excluding carboxylic acids is 1. The van der Waals surface area contributed by atoms with Crippen molar-refractivity contribution in [1.29, 1.82) is 0 Å². The molecule has 0 aromatic carbocycles. The van der Waals surface area contributed by atoms with Crippen LogP contribution in [-0.2, 0) is 13.6 Å². The van der Waals surface area contributed by atoms with Crippen molar-refractivity contribution < 1.29 is 9.32 Å². The van der Waals surface area contributed by atoms with Gasteiger partial charge in [-0.3, -0.25) is 4.79 Å². The van der Waals surface area contributed by atoms with E-state index in [0.717, 1.165) is 24.5 Å². The Labute approximate surface area is 150 Å². The molecule has 1 aliphatic rings. The van der Waals surface area contributed by atoms with Crippen molar-refractivity contribution in [2.75, 3.05) is 13.1 Å². The van der Waals surface area contributed by atoms with Crippen LogP contribution in [0.4, 0.5) is 0 Å². The predicted molar refractivity (Wildman–Crippen MR) is 91.5 cm³/mol. The number of hydrogen-bond acceptors (Lipinski definition) is 6. The summed E-state index contributed by atoms with van der Waals surface area (Å²) in [5.41, 5.74) is 0.377. The van der Waals surface area contributed by atoms with Gasteiger partial charge in [0.1, 0.15) is 11.6 Å². The lowest BCUT2D eigenvalue weighted by atomic mass is 9.95. The molecule has 0 radical (unpaired) electrons. The number of carbonyl (C=O) groups is 1. The van der Waals surface area contributed by atoms with E-state index in [-0.39, 0.29) is 5.91 Å². The smallest absolute Gasteiger partial charge is 0.276 e. The average molecular weight is 355 g/mol. The molecule has 1 amide bonds. The maximum absolute atomic E-state index is 12.5. The summed E-state index contributed by atoms with van der Waals surface area (Å²) in [6.45, 7) is 3.79. The van der Waals surface area contributed by atoms with Gasteiger partial charge in [0.05, 0.1) is 12.9 Å². The van der Waals surface area contributed by atoms with Crippen molar-refractivity contribution >= 4 is 5.91 Å². The summed E-state index contributed by atoms with van der Waals surface area (Å²) >= 11 is 0. The quantitative estimate of drug-likeness (QED) is 0.702. The summed E-state index contributed by atoms with van der Waals surface area (Å²) in [6.07, 6.45) is 7.15. The number of aryl methyl sites for hydroxylation is 1. The molecule has 0 unspecified atom stereocenters. The highest BCUT2D eigenvalue weighted by Gasteiger charge is 2.29. The van der Waals surface area contributed by atoms with Crippen LogP contribution in [-0.4, -0.2) is 53.4 Å². The summed E-state index contributed by atoms with van der Waals surface area (Å²) < 4.78 is 9.03. The van der Waals surface area contributed by atoms with E-state index in [2.05, 4.69) is 24.9 Å². The maximum atomic E-state index is 12.5. The zero-order valence-electron chi connectivity index (χ0n) is 14.9. The summed E-state index contributed by atoms with van der Waals surface area (Å²) in [7, 11) is 2.00. The fourth-order valence-electron chi connectivity index (χ4n) is 3.38. The largest absolute Gasteiger partial charge is 0.361 e. The molecule has 1 saturated heterocycles. The molecule has 0 spiro atoms. The number of imidazole rings is 1. The zero-order chi connectivity index (χ0) is 18.1. The van der Waals surface area contributed by atoms with Crippen LogP contribution < -0.4 is 0 Å². The molecule has 4 rings (SSSR count). The van der Waals surface area contributed by atoms with E-state index in [1.54, 1.807) is 25.5 Å². The lowest BCUT2D eigenvalue weighted by Gasteiger charge is -2.30. The molecule has 9 heteroatoms. The summed E-state index contributed by atoms with van der Waals surface area (Å²) in [5, 5.41) is 12.6. The Morgan fingerprint density at radius 2 is 2.12 bits per heavy atom. The maximum Gasteiger partial charge on any atom is 0.276 e. The number of hydrogen-bond donors (Lipinski definition) is 0. The monoisotopic (exact) mass is 355 g/mol. The Bertz CT molecular complexity index is 888. The molecule has 1 fully saturated rings. The minimum atomic E-state index is -0.0703. The van der Waals surface area contributed by atoms with Gasteiger partial charge in [-0.25, -0.2) is 4.98 Å². The van der Waals surface area contributed by atoms with E-state index in [1.807, 2.05) is 22.7 Å². The number of piperidine rings is 1. The summed E-state index contributed by atoms with van der Waals surface area (Å²) in [6, 6.07) is 1.68. The van der Waals surface area contributed by atoms with Crippen LogP contribution in [0.1, 0.15) is 46.7 Å². The van der Waals surface area contributed by atoms with Crippen LogP contribution in [0.3, 0.4) is 0 Å². The Hall–Kier alpha value is -2.97. The van der Waals surface area contributed by atoms with Gasteiger partial charge in [-0.2, -0.15) is 0 Å². The minimum Gasteiger partial charge on any atom is -0.361 e. The highest BCUT2D eigenvalue weighted by atomic mass is 16.5. The standard InChI is InChI=1S/C17H21N7O2/c1-12-9-14(21-26-12)17(25)24-6-3-13(4-7-24)16-20-19-15(22(16)2)10-23-8-5-18-11-23/h5,8-9,11,13H,3-4,6-7,10H2,1-2H3. The molecule has 0 bridgehead atoms. The van der Waals surface area contributed by atoms with Gasteiger partial charge in [-0.15, -0.1) is 10.2 Å². The Morgan fingerprint density at radius 3 is 2.77 bits per heavy atom.